The molecule has 184 valence electrons. The van der Waals surface area contributed by atoms with Crippen molar-refractivity contribution in [1.82, 2.24) is 9.46 Å². The first-order valence-electron chi connectivity index (χ1n) is 10.8. The van der Waals surface area contributed by atoms with Crippen molar-refractivity contribution in [3.63, 3.8) is 0 Å². The van der Waals surface area contributed by atoms with Gasteiger partial charge in [-0.1, -0.05) is 35.0 Å². The number of sulfonamides is 1. The fourth-order valence-corrected chi connectivity index (χ4v) is 5.85. The lowest BCUT2D eigenvalue weighted by molar-refractivity contribution is -0.120. The number of nitrogens with one attached hydrogen (secondary N) is 1. The third-order valence-corrected chi connectivity index (χ3v) is 8.01. The summed E-state index contributed by atoms with van der Waals surface area (Å²) >= 11 is 5.77. The van der Waals surface area contributed by atoms with Crippen LogP contribution in [-0.2, 0) is 14.8 Å². The van der Waals surface area contributed by atoms with E-state index in [0.717, 1.165) is 6.07 Å². The molecule has 1 aliphatic heterocycles. The van der Waals surface area contributed by atoms with E-state index in [1.165, 1.54) is 41.6 Å². The number of amides is 1. The quantitative estimate of drug-likeness (QED) is 0.486. The van der Waals surface area contributed by atoms with E-state index in [-0.39, 0.29) is 40.0 Å². The number of hydrogen-bond acceptors (Lipinski definition) is 5. The molecule has 2 heterocycles. The van der Waals surface area contributed by atoms with E-state index in [4.69, 9.17) is 16.1 Å². The summed E-state index contributed by atoms with van der Waals surface area (Å²) < 4.78 is 60.8. The predicted octanol–water partition coefficient (Wildman–Crippen LogP) is 5.12. The van der Waals surface area contributed by atoms with Crippen LogP contribution in [0.5, 0.6) is 0 Å². The van der Waals surface area contributed by atoms with Crippen molar-refractivity contribution in [2.45, 2.75) is 24.7 Å². The molecule has 7 nitrogen and oxygen atoms in total. The predicted molar refractivity (Wildman–Crippen MR) is 128 cm³/mol. The van der Waals surface area contributed by atoms with E-state index in [2.05, 4.69) is 10.5 Å². The molecule has 2 aromatic carbocycles. The van der Waals surface area contributed by atoms with Crippen LogP contribution in [0.2, 0.25) is 5.02 Å². The minimum absolute atomic E-state index is 0.0294. The van der Waals surface area contributed by atoms with Gasteiger partial charge in [0.15, 0.2) is 10.7 Å². The second-order valence-electron chi connectivity index (χ2n) is 8.14. The van der Waals surface area contributed by atoms with E-state index in [9.17, 15) is 22.0 Å². The molecule has 3 aromatic rings. The number of rotatable bonds is 6. The molecule has 1 saturated heterocycles. The van der Waals surface area contributed by atoms with Gasteiger partial charge in [0, 0.05) is 24.3 Å². The first-order valence-corrected chi connectivity index (χ1v) is 12.6. The van der Waals surface area contributed by atoms with Crippen LogP contribution in [-0.4, -0.2) is 36.9 Å². The lowest BCUT2D eigenvalue weighted by Crippen LogP contribution is -2.43. The van der Waals surface area contributed by atoms with Crippen molar-refractivity contribution in [2.75, 3.05) is 18.4 Å². The third kappa shape index (κ3) is 5.44. The minimum Gasteiger partial charge on any atom is -0.355 e. The van der Waals surface area contributed by atoms with Crippen molar-refractivity contribution in [3.8, 4) is 0 Å². The van der Waals surface area contributed by atoms with Crippen LogP contribution >= 0.6 is 11.6 Å². The molecule has 1 unspecified atom stereocenters. The number of piperidine rings is 1. The second kappa shape index (κ2) is 10.3. The van der Waals surface area contributed by atoms with Crippen molar-refractivity contribution in [2.24, 2.45) is 5.92 Å². The lowest BCUT2D eigenvalue weighted by Gasteiger charge is -2.31. The van der Waals surface area contributed by atoms with Crippen molar-refractivity contribution in [1.29, 1.82) is 0 Å². The highest BCUT2D eigenvalue weighted by molar-refractivity contribution is 7.89. The highest BCUT2D eigenvalue weighted by atomic mass is 35.5. The van der Waals surface area contributed by atoms with Crippen LogP contribution < -0.4 is 5.32 Å². The standard InChI is InChI=1S/C24H22ClF2N3O4S/c1-15-23(22(34-29-15)11-8-16-5-2-3-7-20(16)26)35(32,33)30-12-4-6-17(14-30)24(31)28-18-9-10-21(27)19(25)13-18/h2-3,5,7-11,13,17H,4,6,12,14H2,1H3,(H,28,31). The van der Waals surface area contributed by atoms with Gasteiger partial charge in [-0.05, 0) is 56.2 Å². The van der Waals surface area contributed by atoms with Gasteiger partial charge in [-0.3, -0.25) is 4.79 Å². The van der Waals surface area contributed by atoms with E-state index >= 15 is 0 Å². The molecule has 0 spiro atoms. The monoisotopic (exact) mass is 521 g/mol. The van der Waals surface area contributed by atoms with Crippen molar-refractivity contribution < 1.29 is 26.5 Å². The number of aryl methyl sites for hydroxylation is 1. The SMILES string of the molecule is Cc1noc(C=Cc2ccccc2F)c1S(=O)(=O)N1CCCC(C(=O)Nc2ccc(F)c(Cl)c2)C1. The maximum Gasteiger partial charge on any atom is 0.248 e. The second-order valence-corrected chi connectivity index (χ2v) is 10.4. The maximum atomic E-state index is 14.0. The Morgan fingerprint density at radius 3 is 2.71 bits per heavy atom. The number of benzene rings is 2. The summed E-state index contributed by atoms with van der Waals surface area (Å²) in [6.45, 7) is 1.67. The van der Waals surface area contributed by atoms with Gasteiger partial charge >= 0.3 is 0 Å². The number of anilines is 1. The summed E-state index contributed by atoms with van der Waals surface area (Å²) in [4.78, 5) is 12.7. The molecular formula is C24H22ClF2N3O4S. The highest BCUT2D eigenvalue weighted by Crippen LogP contribution is 2.30. The van der Waals surface area contributed by atoms with Crippen LogP contribution in [0.1, 0.15) is 29.9 Å². The largest absolute Gasteiger partial charge is 0.355 e. The average molecular weight is 522 g/mol. The molecule has 1 aliphatic rings. The van der Waals surface area contributed by atoms with Gasteiger partial charge in [0.25, 0.3) is 0 Å². The van der Waals surface area contributed by atoms with Gasteiger partial charge in [0.1, 0.15) is 17.3 Å². The van der Waals surface area contributed by atoms with Crippen LogP contribution in [0.4, 0.5) is 14.5 Å². The smallest absolute Gasteiger partial charge is 0.248 e. The molecule has 35 heavy (non-hydrogen) atoms. The first kappa shape index (κ1) is 25.0. The zero-order valence-corrected chi connectivity index (χ0v) is 20.2. The van der Waals surface area contributed by atoms with Gasteiger partial charge in [-0.25, -0.2) is 17.2 Å². The molecule has 0 aliphatic carbocycles. The number of nitrogens with zero attached hydrogens (tertiary/aromatic N) is 2. The molecule has 0 saturated carbocycles. The summed E-state index contributed by atoms with van der Waals surface area (Å²) in [5.74, 6) is -2.12. The fraction of sp³-hybridized carbons (Fsp3) is 0.250. The summed E-state index contributed by atoms with van der Waals surface area (Å²) in [6, 6.07) is 9.86. The number of aromatic nitrogens is 1. The number of halogens is 3. The normalized spacial score (nSPS) is 17.1. The zero-order valence-electron chi connectivity index (χ0n) is 18.7. The van der Waals surface area contributed by atoms with E-state index in [1.54, 1.807) is 18.2 Å². The molecular weight excluding hydrogens is 500 g/mol. The Balaban J connectivity index is 1.54. The molecule has 4 rings (SSSR count). The Hall–Kier alpha value is -3.08. The van der Waals surface area contributed by atoms with Gasteiger partial charge in [0.05, 0.1) is 10.9 Å². The van der Waals surface area contributed by atoms with E-state index in [1.807, 2.05) is 0 Å². The van der Waals surface area contributed by atoms with Gasteiger partial charge in [0.2, 0.25) is 15.9 Å². The van der Waals surface area contributed by atoms with Gasteiger partial charge in [-0.15, -0.1) is 0 Å². The Morgan fingerprint density at radius 2 is 1.97 bits per heavy atom. The average Bonchev–Trinajstić information content (AvgIpc) is 3.22. The molecule has 0 bridgehead atoms. The number of carbonyl (C=O) groups is 1. The summed E-state index contributed by atoms with van der Waals surface area (Å²) in [7, 11) is -4.06. The van der Waals surface area contributed by atoms with Gasteiger partial charge < -0.3 is 9.84 Å². The molecule has 1 atom stereocenters. The molecule has 1 N–H and O–H groups in total. The summed E-state index contributed by atoms with van der Waals surface area (Å²) in [5, 5.41) is 6.32. The van der Waals surface area contributed by atoms with Crippen LogP contribution in [0, 0.1) is 24.5 Å². The molecule has 11 heteroatoms. The Kier molecular flexibility index (Phi) is 7.34. The van der Waals surface area contributed by atoms with E-state index in [0.29, 0.717) is 18.5 Å². The number of hydrogen-bond donors (Lipinski definition) is 1. The van der Waals surface area contributed by atoms with Crippen LogP contribution in [0.15, 0.2) is 51.9 Å². The maximum absolute atomic E-state index is 14.0. The fourth-order valence-electron chi connectivity index (χ4n) is 3.90. The van der Waals surface area contributed by atoms with Crippen molar-refractivity contribution in [3.05, 3.63) is 76.1 Å². The molecule has 1 amide bonds. The Bertz CT molecular complexity index is 1390. The Morgan fingerprint density at radius 1 is 1.20 bits per heavy atom. The highest BCUT2D eigenvalue weighted by Gasteiger charge is 2.37. The molecule has 1 fully saturated rings. The Labute approximate surface area is 206 Å². The number of carbonyl (C=O) groups excluding carboxylic acids is 1. The zero-order chi connectivity index (χ0) is 25.2. The summed E-state index contributed by atoms with van der Waals surface area (Å²) in [6.07, 6.45) is 3.72. The minimum atomic E-state index is -4.06. The topological polar surface area (TPSA) is 92.5 Å². The first-order chi connectivity index (χ1) is 16.7. The van der Waals surface area contributed by atoms with Gasteiger partial charge in [-0.2, -0.15) is 4.31 Å². The van der Waals surface area contributed by atoms with Crippen molar-refractivity contribution >= 4 is 45.4 Å². The van der Waals surface area contributed by atoms with Crippen LogP contribution in [0.3, 0.4) is 0 Å². The molecule has 1 aromatic heterocycles. The van der Waals surface area contributed by atoms with E-state index < -0.39 is 33.5 Å². The molecule has 0 radical (unpaired) electrons. The third-order valence-electron chi connectivity index (χ3n) is 5.69. The summed E-state index contributed by atoms with van der Waals surface area (Å²) in [5.41, 5.74) is 0.739. The lowest BCUT2D eigenvalue weighted by atomic mass is 9.99. The van der Waals surface area contributed by atoms with Crippen LogP contribution in [0.25, 0.3) is 12.2 Å².